The van der Waals surface area contributed by atoms with Gasteiger partial charge in [-0.15, -0.1) is 0 Å². The molecule has 0 saturated carbocycles. The number of fused-ring (bicyclic) bond motifs is 1. The standard InChI is InChI=1S/C17H18BrNO/c18-11-15(13-5-2-1-3-6-13)12-19-16-8-4-7-14(16)9-10-17(19)20/h1-3,5-6,9-10,15H,4,7-8,11-12H2. The molecule has 1 atom stereocenters. The highest BCUT2D eigenvalue weighted by atomic mass is 79.9. The van der Waals surface area contributed by atoms with Crippen molar-refractivity contribution >= 4 is 15.9 Å². The Morgan fingerprint density at radius 1 is 1.10 bits per heavy atom. The summed E-state index contributed by atoms with van der Waals surface area (Å²) in [7, 11) is 0. The molecule has 0 radical (unpaired) electrons. The van der Waals surface area contributed by atoms with Gasteiger partial charge in [-0.1, -0.05) is 52.3 Å². The van der Waals surface area contributed by atoms with E-state index in [4.69, 9.17) is 0 Å². The quantitative estimate of drug-likeness (QED) is 0.786. The lowest BCUT2D eigenvalue weighted by atomic mass is 10.0. The van der Waals surface area contributed by atoms with Gasteiger partial charge >= 0.3 is 0 Å². The Hall–Kier alpha value is -1.35. The zero-order chi connectivity index (χ0) is 13.9. The topological polar surface area (TPSA) is 22.0 Å². The highest BCUT2D eigenvalue weighted by Crippen LogP contribution is 2.24. The van der Waals surface area contributed by atoms with Crippen LogP contribution in [0.4, 0.5) is 0 Å². The number of hydrogen-bond acceptors (Lipinski definition) is 1. The van der Waals surface area contributed by atoms with E-state index in [-0.39, 0.29) is 5.56 Å². The Balaban J connectivity index is 1.95. The van der Waals surface area contributed by atoms with Gasteiger partial charge < -0.3 is 4.57 Å². The molecule has 0 bridgehead atoms. The second-order valence-corrected chi connectivity index (χ2v) is 6.02. The molecule has 1 aliphatic rings. The zero-order valence-corrected chi connectivity index (χ0v) is 13.0. The number of halogens is 1. The minimum Gasteiger partial charge on any atom is -0.312 e. The summed E-state index contributed by atoms with van der Waals surface area (Å²) in [6.45, 7) is 0.761. The number of aromatic nitrogens is 1. The van der Waals surface area contributed by atoms with Crippen molar-refractivity contribution < 1.29 is 0 Å². The molecule has 3 rings (SSSR count). The fraction of sp³-hybridized carbons (Fsp3) is 0.353. The van der Waals surface area contributed by atoms with Gasteiger partial charge in [0.1, 0.15) is 0 Å². The molecule has 0 spiro atoms. The number of pyridine rings is 1. The van der Waals surface area contributed by atoms with E-state index in [2.05, 4.69) is 40.2 Å². The monoisotopic (exact) mass is 331 g/mol. The number of alkyl halides is 1. The largest absolute Gasteiger partial charge is 0.312 e. The molecule has 1 aromatic carbocycles. The van der Waals surface area contributed by atoms with Crippen molar-refractivity contribution in [1.29, 1.82) is 0 Å². The third-order valence-electron chi connectivity index (χ3n) is 4.11. The number of aryl methyl sites for hydroxylation is 1. The molecule has 0 aliphatic heterocycles. The van der Waals surface area contributed by atoms with Crippen LogP contribution >= 0.6 is 15.9 Å². The minimum atomic E-state index is 0.132. The summed E-state index contributed by atoms with van der Waals surface area (Å²) in [5.74, 6) is 0.334. The summed E-state index contributed by atoms with van der Waals surface area (Å²) in [4.78, 5) is 12.2. The van der Waals surface area contributed by atoms with Crippen LogP contribution in [-0.2, 0) is 19.4 Å². The molecule has 1 aliphatic carbocycles. The van der Waals surface area contributed by atoms with E-state index in [9.17, 15) is 4.79 Å². The third-order valence-corrected chi connectivity index (χ3v) is 4.89. The van der Waals surface area contributed by atoms with Crippen molar-refractivity contribution in [3.8, 4) is 0 Å². The van der Waals surface area contributed by atoms with E-state index in [0.717, 1.165) is 24.7 Å². The van der Waals surface area contributed by atoms with Crippen LogP contribution < -0.4 is 5.56 Å². The van der Waals surface area contributed by atoms with Crippen LogP contribution in [-0.4, -0.2) is 9.90 Å². The summed E-state index contributed by atoms with van der Waals surface area (Å²) >= 11 is 3.60. The lowest BCUT2D eigenvalue weighted by molar-refractivity contribution is 0.568. The number of rotatable bonds is 4. The first kappa shape index (κ1) is 13.6. The summed E-state index contributed by atoms with van der Waals surface area (Å²) < 4.78 is 1.99. The van der Waals surface area contributed by atoms with Crippen molar-refractivity contribution in [2.24, 2.45) is 0 Å². The second-order valence-electron chi connectivity index (χ2n) is 5.37. The maximum absolute atomic E-state index is 12.2. The molecule has 0 N–H and O–H groups in total. The van der Waals surface area contributed by atoms with Gasteiger partial charge in [-0.25, -0.2) is 0 Å². The zero-order valence-electron chi connectivity index (χ0n) is 11.4. The molecule has 3 heteroatoms. The van der Waals surface area contributed by atoms with Gasteiger partial charge in [0.15, 0.2) is 0 Å². The van der Waals surface area contributed by atoms with Crippen LogP contribution in [0.5, 0.6) is 0 Å². The Kier molecular flexibility index (Phi) is 4.06. The SMILES string of the molecule is O=c1ccc2c(n1CC(CBr)c1ccccc1)CCC2. The first-order valence-corrected chi connectivity index (χ1v) is 8.24. The fourth-order valence-corrected chi connectivity index (χ4v) is 3.60. The molecule has 1 unspecified atom stereocenters. The molecule has 1 heterocycles. The van der Waals surface area contributed by atoms with Gasteiger partial charge in [0.2, 0.25) is 0 Å². The van der Waals surface area contributed by atoms with Crippen LogP contribution in [0.2, 0.25) is 0 Å². The van der Waals surface area contributed by atoms with Gasteiger partial charge in [0.25, 0.3) is 5.56 Å². The molecule has 2 aromatic rings. The van der Waals surface area contributed by atoms with E-state index in [1.807, 2.05) is 16.7 Å². The van der Waals surface area contributed by atoms with E-state index >= 15 is 0 Å². The Morgan fingerprint density at radius 2 is 1.90 bits per heavy atom. The molecule has 2 nitrogen and oxygen atoms in total. The van der Waals surface area contributed by atoms with E-state index in [0.29, 0.717) is 5.92 Å². The average Bonchev–Trinajstić information content (AvgIpc) is 2.96. The van der Waals surface area contributed by atoms with Crippen molar-refractivity contribution in [3.05, 3.63) is 69.6 Å². The fourth-order valence-electron chi connectivity index (χ4n) is 3.02. The summed E-state index contributed by atoms with van der Waals surface area (Å²) in [6.07, 6.45) is 3.32. The van der Waals surface area contributed by atoms with E-state index in [1.54, 1.807) is 6.07 Å². The van der Waals surface area contributed by atoms with Crippen molar-refractivity contribution in [2.45, 2.75) is 31.7 Å². The highest BCUT2D eigenvalue weighted by molar-refractivity contribution is 9.09. The van der Waals surface area contributed by atoms with Crippen molar-refractivity contribution in [2.75, 3.05) is 5.33 Å². The predicted molar refractivity (Wildman–Crippen MR) is 85.7 cm³/mol. The predicted octanol–water partition coefficient (Wildman–Crippen LogP) is 3.52. The maximum atomic E-state index is 12.2. The first-order valence-electron chi connectivity index (χ1n) is 7.12. The Bertz CT molecular complexity index is 648. The van der Waals surface area contributed by atoms with Crippen LogP contribution in [0, 0.1) is 0 Å². The molecular weight excluding hydrogens is 314 g/mol. The van der Waals surface area contributed by atoms with Crippen LogP contribution in [0.1, 0.15) is 29.2 Å². The lowest BCUT2D eigenvalue weighted by Crippen LogP contribution is -2.26. The number of hydrogen-bond donors (Lipinski definition) is 0. The summed E-state index contributed by atoms with van der Waals surface area (Å²) in [5, 5.41) is 0.868. The molecule has 0 fully saturated rings. The summed E-state index contributed by atoms with van der Waals surface area (Å²) in [6, 6.07) is 14.2. The third kappa shape index (κ3) is 2.59. The van der Waals surface area contributed by atoms with E-state index < -0.39 is 0 Å². The molecule has 1 aromatic heterocycles. The molecule has 0 saturated heterocycles. The molecule has 20 heavy (non-hydrogen) atoms. The van der Waals surface area contributed by atoms with Gasteiger partial charge in [0.05, 0.1) is 0 Å². The average molecular weight is 332 g/mol. The van der Waals surface area contributed by atoms with Gasteiger partial charge in [-0.05, 0) is 30.4 Å². The number of nitrogens with zero attached hydrogens (tertiary/aromatic N) is 1. The van der Waals surface area contributed by atoms with Crippen molar-refractivity contribution in [3.63, 3.8) is 0 Å². The molecule has 0 amide bonds. The van der Waals surface area contributed by atoms with Gasteiger partial charge in [-0.3, -0.25) is 4.79 Å². The molecule has 104 valence electrons. The first-order chi connectivity index (χ1) is 9.79. The normalized spacial score (nSPS) is 15.1. The smallest absolute Gasteiger partial charge is 0.250 e. The lowest BCUT2D eigenvalue weighted by Gasteiger charge is -2.19. The van der Waals surface area contributed by atoms with Gasteiger partial charge in [0, 0.05) is 29.6 Å². The maximum Gasteiger partial charge on any atom is 0.250 e. The Labute approximate surface area is 127 Å². The van der Waals surface area contributed by atoms with Crippen molar-refractivity contribution in [1.82, 2.24) is 4.57 Å². The minimum absolute atomic E-state index is 0.132. The van der Waals surface area contributed by atoms with Crippen LogP contribution in [0.25, 0.3) is 0 Å². The Morgan fingerprint density at radius 3 is 2.65 bits per heavy atom. The van der Waals surface area contributed by atoms with Gasteiger partial charge in [-0.2, -0.15) is 0 Å². The summed E-state index contributed by atoms with van der Waals surface area (Å²) in [5.41, 5.74) is 4.02. The second kappa shape index (κ2) is 5.96. The van der Waals surface area contributed by atoms with Crippen LogP contribution in [0.3, 0.4) is 0 Å². The highest BCUT2D eigenvalue weighted by Gasteiger charge is 2.19. The molecular formula is C17H18BrNO. The van der Waals surface area contributed by atoms with Crippen LogP contribution in [0.15, 0.2) is 47.3 Å². The number of benzene rings is 1. The van der Waals surface area contributed by atoms with E-state index in [1.165, 1.54) is 23.2 Å².